The molecule has 8 nitrogen and oxygen atoms in total. The molecule has 0 radical (unpaired) electrons. The molecule has 1 N–H and O–H groups in total. The summed E-state index contributed by atoms with van der Waals surface area (Å²) in [5, 5.41) is 12.8. The number of aryl methyl sites for hydroxylation is 1. The van der Waals surface area contributed by atoms with Crippen LogP contribution >= 0.6 is 0 Å². The van der Waals surface area contributed by atoms with Crippen molar-refractivity contribution in [1.29, 1.82) is 0 Å². The highest BCUT2D eigenvalue weighted by Crippen LogP contribution is 2.17. The van der Waals surface area contributed by atoms with E-state index in [0.29, 0.717) is 36.7 Å². The molecule has 2 heterocycles. The zero-order chi connectivity index (χ0) is 18.5. The van der Waals surface area contributed by atoms with Crippen molar-refractivity contribution in [2.45, 2.75) is 25.4 Å². The number of carboxylic acid groups (broad SMARTS) is 1. The molecule has 1 aromatic carbocycles. The van der Waals surface area contributed by atoms with Crippen molar-refractivity contribution in [2.75, 3.05) is 19.7 Å². The molecule has 1 aliphatic heterocycles. The number of rotatable bonds is 6. The molecule has 1 unspecified atom stereocenters. The second-order valence-electron chi connectivity index (χ2n) is 5.91. The summed E-state index contributed by atoms with van der Waals surface area (Å²) >= 11 is 0. The van der Waals surface area contributed by atoms with Gasteiger partial charge in [-0.2, -0.15) is 4.98 Å². The van der Waals surface area contributed by atoms with E-state index in [4.69, 9.17) is 14.4 Å². The summed E-state index contributed by atoms with van der Waals surface area (Å²) in [6, 6.07) is 5.75. The lowest BCUT2D eigenvalue weighted by Gasteiger charge is -2.30. The molecule has 1 atom stereocenters. The maximum atomic E-state index is 12.9. The molecule has 9 heteroatoms. The third kappa shape index (κ3) is 4.42. The summed E-state index contributed by atoms with van der Waals surface area (Å²) in [6.45, 7) is 0.661. The number of aromatic nitrogens is 2. The molecule has 3 rings (SSSR count). The van der Waals surface area contributed by atoms with Gasteiger partial charge in [0.1, 0.15) is 5.82 Å². The van der Waals surface area contributed by atoms with Crippen LogP contribution in [0, 0.1) is 5.82 Å². The van der Waals surface area contributed by atoms with Gasteiger partial charge in [-0.15, -0.1) is 0 Å². The zero-order valence-electron chi connectivity index (χ0n) is 13.9. The zero-order valence-corrected chi connectivity index (χ0v) is 13.9. The Morgan fingerprint density at radius 1 is 1.31 bits per heavy atom. The minimum atomic E-state index is -1.07. The van der Waals surface area contributed by atoms with Crippen molar-refractivity contribution >= 4 is 11.9 Å². The van der Waals surface area contributed by atoms with Gasteiger partial charge in [-0.3, -0.25) is 4.79 Å². The van der Waals surface area contributed by atoms with Crippen molar-refractivity contribution in [1.82, 2.24) is 15.0 Å². The first-order valence-electron chi connectivity index (χ1n) is 8.23. The van der Waals surface area contributed by atoms with Gasteiger partial charge in [0.05, 0.1) is 13.2 Å². The van der Waals surface area contributed by atoms with Crippen molar-refractivity contribution in [3.8, 4) is 11.4 Å². The lowest BCUT2D eigenvalue weighted by Crippen LogP contribution is -2.48. The molecule has 1 aliphatic rings. The molecule has 1 amide bonds. The normalized spacial score (nSPS) is 17.3. The molecular formula is C17H18FN3O5. The van der Waals surface area contributed by atoms with E-state index in [-0.39, 0.29) is 31.3 Å². The van der Waals surface area contributed by atoms with Crippen molar-refractivity contribution in [2.24, 2.45) is 0 Å². The van der Waals surface area contributed by atoms with Crippen LogP contribution in [0.25, 0.3) is 11.4 Å². The Balaban J connectivity index is 1.48. The third-order valence-electron chi connectivity index (χ3n) is 4.05. The average Bonchev–Trinajstić information content (AvgIpc) is 3.11. The fourth-order valence-corrected chi connectivity index (χ4v) is 2.65. The van der Waals surface area contributed by atoms with E-state index in [1.165, 1.54) is 17.0 Å². The second kappa shape index (κ2) is 8.05. The van der Waals surface area contributed by atoms with Crippen LogP contribution < -0.4 is 0 Å². The average molecular weight is 363 g/mol. The van der Waals surface area contributed by atoms with E-state index in [2.05, 4.69) is 10.1 Å². The molecule has 0 aliphatic carbocycles. The quantitative estimate of drug-likeness (QED) is 0.829. The van der Waals surface area contributed by atoms with Gasteiger partial charge in [0.2, 0.25) is 17.6 Å². The van der Waals surface area contributed by atoms with Crippen molar-refractivity contribution in [3.05, 3.63) is 36.0 Å². The van der Waals surface area contributed by atoms with Gasteiger partial charge in [0.25, 0.3) is 0 Å². The molecule has 1 fully saturated rings. The number of hydrogen-bond acceptors (Lipinski definition) is 6. The first-order valence-corrected chi connectivity index (χ1v) is 8.23. The number of carbonyl (C=O) groups is 2. The summed E-state index contributed by atoms with van der Waals surface area (Å²) < 4.78 is 23.2. The Hall–Kier alpha value is -2.81. The van der Waals surface area contributed by atoms with E-state index in [1.807, 2.05) is 0 Å². The largest absolute Gasteiger partial charge is 0.479 e. The lowest BCUT2D eigenvalue weighted by atomic mass is 10.2. The van der Waals surface area contributed by atoms with Gasteiger partial charge in [-0.1, -0.05) is 5.16 Å². The van der Waals surface area contributed by atoms with Crippen LogP contribution in [0.15, 0.2) is 28.8 Å². The fourth-order valence-electron chi connectivity index (χ4n) is 2.65. The van der Waals surface area contributed by atoms with Crippen molar-refractivity contribution in [3.63, 3.8) is 0 Å². The van der Waals surface area contributed by atoms with E-state index in [1.54, 1.807) is 12.1 Å². The topological polar surface area (TPSA) is 106 Å². The van der Waals surface area contributed by atoms with Gasteiger partial charge in [-0.05, 0) is 30.7 Å². The van der Waals surface area contributed by atoms with Crippen LogP contribution in [0.2, 0.25) is 0 Å². The summed E-state index contributed by atoms with van der Waals surface area (Å²) in [5.74, 6) is -0.782. The monoisotopic (exact) mass is 363 g/mol. The van der Waals surface area contributed by atoms with E-state index in [9.17, 15) is 14.0 Å². The number of carbonyl (C=O) groups excluding carboxylic acids is 1. The highest BCUT2D eigenvalue weighted by Gasteiger charge is 2.28. The number of morpholine rings is 1. The fraction of sp³-hybridized carbons (Fsp3) is 0.412. The van der Waals surface area contributed by atoms with Gasteiger partial charge in [0.15, 0.2) is 6.10 Å². The number of benzene rings is 1. The Morgan fingerprint density at radius 2 is 2.08 bits per heavy atom. The molecule has 2 aromatic rings. The van der Waals surface area contributed by atoms with Gasteiger partial charge >= 0.3 is 5.97 Å². The molecule has 138 valence electrons. The Labute approximate surface area is 148 Å². The standard InChI is InChI=1S/C17H18FN3O5/c18-12-6-4-11(5-7-12)16-19-14(26-20-16)2-1-3-15(22)21-8-9-25-13(10-21)17(23)24/h4-7,13H,1-3,8-10H2,(H,23,24). The maximum absolute atomic E-state index is 12.9. The SMILES string of the molecule is O=C(O)C1CN(C(=O)CCCc2nc(-c3ccc(F)cc3)no2)CCO1. The number of amides is 1. The summed E-state index contributed by atoms with van der Waals surface area (Å²) in [4.78, 5) is 28.9. The third-order valence-corrected chi connectivity index (χ3v) is 4.05. The van der Waals surface area contributed by atoms with Crippen molar-refractivity contribution < 1.29 is 28.3 Å². The number of halogens is 1. The molecule has 0 spiro atoms. The molecule has 0 saturated carbocycles. The first kappa shape index (κ1) is 18.0. The van der Waals surface area contributed by atoms with Crippen LogP contribution in [0.5, 0.6) is 0 Å². The molecule has 26 heavy (non-hydrogen) atoms. The van der Waals surface area contributed by atoms with Crippen LogP contribution in [-0.4, -0.2) is 57.8 Å². The first-order chi connectivity index (χ1) is 12.5. The molecular weight excluding hydrogens is 345 g/mol. The Kier molecular flexibility index (Phi) is 5.57. The molecule has 1 aromatic heterocycles. The number of aliphatic carboxylic acids is 1. The number of hydrogen-bond donors (Lipinski definition) is 1. The second-order valence-corrected chi connectivity index (χ2v) is 5.91. The predicted molar refractivity (Wildman–Crippen MR) is 86.6 cm³/mol. The molecule has 1 saturated heterocycles. The Morgan fingerprint density at radius 3 is 2.81 bits per heavy atom. The summed E-state index contributed by atoms with van der Waals surface area (Å²) in [6.07, 6.45) is 0.202. The number of nitrogens with zero attached hydrogens (tertiary/aromatic N) is 3. The Bertz CT molecular complexity index is 777. The van der Waals surface area contributed by atoms with Crippen LogP contribution in [0.3, 0.4) is 0 Å². The summed E-state index contributed by atoms with van der Waals surface area (Å²) in [5.41, 5.74) is 0.644. The minimum Gasteiger partial charge on any atom is -0.479 e. The highest BCUT2D eigenvalue weighted by molar-refractivity contribution is 5.78. The summed E-state index contributed by atoms with van der Waals surface area (Å²) in [7, 11) is 0. The van der Waals surface area contributed by atoms with Gasteiger partial charge < -0.3 is 19.3 Å². The molecule has 0 bridgehead atoms. The van der Waals surface area contributed by atoms with Gasteiger partial charge in [0, 0.05) is 24.9 Å². The van der Waals surface area contributed by atoms with E-state index >= 15 is 0 Å². The highest BCUT2D eigenvalue weighted by atomic mass is 19.1. The van der Waals surface area contributed by atoms with Crippen LogP contribution in [0.4, 0.5) is 4.39 Å². The number of carboxylic acids is 1. The predicted octanol–water partition coefficient (Wildman–Crippen LogP) is 1.51. The maximum Gasteiger partial charge on any atom is 0.334 e. The van der Waals surface area contributed by atoms with E-state index < -0.39 is 12.1 Å². The van der Waals surface area contributed by atoms with E-state index in [0.717, 1.165) is 0 Å². The van der Waals surface area contributed by atoms with Gasteiger partial charge in [-0.25, -0.2) is 9.18 Å². The van der Waals surface area contributed by atoms with Crippen LogP contribution in [-0.2, 0) is 20.7 Å². The lowest BCUT2D eigenvalue weighted by molar-refractivity contribution is -0.159. The minimum absolute atomic E-state index is 0.0590. The smallest absolute Gasteiger partial charge is 0.334 e. The van der Waals surface area contributed by atoms with Crippen LogP contribution in [0.1, 0.15) is 18.7 Å². The number of ether oxygens (including phenoxy) is 1.